The highest BCUT2D eigenvalue weighted by Gasteiger charge is 2.11. The Labute approximate surface area is 118 Å². The zero-order valence-electron chi connectivity index (χ0n) is 12.5. The molecule has 2 aliphatic rings. The lowest BCUT2D eigenvalue weighted by atomic mass is 10.1. The van der Waals surface area contributed by atoms with Gasteiger partial charge in [-0.3, -0.25) is 0 Å². The molecule has 1 N–H and O–H groups in total. The molecule has 0 fully saturated rings. The molecule has 0 aromatic carbocycles. The van der Waals surface area contributed by atoms with Crippen molar-refractivity contribution in [2.45, 2.75) is 40.5 Å². The van der Waals surface area contributed by atoms with Crippen molar-refractivity contribution in [3.8, 4) is 0 Å². The number of nitrogens with one attached hydrogen (secondary N) is 1. The van der Waals surface area contributed by atoms with Gasteiger partial charge in [-0.25, -0.2) is 0 Å². The highest BCUT2D eigenvalue weighted by Crippen LogP contribution is 2.28. The SMILES string of the molecule is C1=Cc2[nH]c3c(c2C=CC1)C=CCC=C3.CC.CC.[HH]. The summed E-state index contributed by atoms with van der Waals surface area (Å²) in [5.41, 5.74) is 5.10. The summed E-state index contributed by atoms with van der Waals surface area (Å²) in [6, 6.07) is 0. The first-order valence-corrected chi connectivity index (χ1v) is 7.37. The van der Waals surface area contributed by atoms with Crippen LogP contribution in [0, 0.1) is 0 Å². The second kappa shape index (κ2) is 8.36. The first-order valence-electron chi connectivity index (χ1n) is 7.37. The van der Waals surface area contributed by atoms with Crippen LogP contribution in [0.1, 0.15) is 64.5 Å². The van der Waals surface area contributed by atoms with Gasteiger partial charge in [0, 0.05) is 23.9 Å². The van der Waals surface area contributed by atoms with E-state index in [9.17, 15) is 0 Å². The minimum absolute atomic E-state index is 0. The first kappa shape index (κ1) is 15.3. The van der Waals surface area contributed by atoms with E-state index in [1.807, 2.05) is 27.7 Å². The fourth-order valence-corrected chi connectivity index (χ4v) is 2.09. The Morgan fingerprint density at radius 1 is 0.684 bits per heavy atom. The first-order chi connectivity index (χ1) is 9.45. The lowest BCUT2D eigenvalue weighted by Gasteiger charge is -1.93. The van der Waals surface area contributed by atoms with Gasteiger partial charge in [-0.05, 0) is 25.0 Å². The predicted molar refractivity (Wildman–Crippen MR) is 91.0 cm³/mol. The van der Waals surface area contributed by atoms with E-state index in [2.05, 4.69) is 53.6 Å². The van der Waals surface area contributed by atoms with Crippen molar-refractivity contribution in [2.24, 2.45) is 0 Å². The topological polar surface area (TPSA) is 15.8 Å². The Bertz CT molecular complexity index is 457. The van der Waals surface area contributed by atoms with Gasteiger partial charge in [0.15, 0.2) is 0 Å². The molecule has 19 heavy (non-hydrogen) atoms. The molecule has 1 heterocycles. The fourth-order valence-electron chi connectivity index (χ4n) is 2.09. The molecule has 0 amide bonds. The van der Waals surface area contributed by atoms with Crippen molar-refractivity contribution in [1.29, 1.82) is 0 Å². The minimum atomic E-state index is 0. The van der Waals surface area contributed by atoms with E-state index >= 15 is 0 Å². The molecule has 2 aliphatic carbocycles. The Morgan fingerprint density at radius 2 is 1.05 bits per heavy atom. The van der Waals surface area contributed by atoms with Gasteiger partial charge in [0.25, 0.3) is 0 Å². The molecule has 0 saturated heterocycles. The molecule has 0 bridgehead atoms. The summed E-state index contributed by atoms with van der Waals surface area (Å²) in [5, 5.41) is 0. The van der Waals surface area contributed by atoms with E-state index in [4.69, 9.17) is 0 Å². The molecule has 1 aromatic heterocycles. The van der Waals surface area contributed by atoms with Crippen molar-refractivity contribution in [1.82, 2.24) is 4.98 Å². The number of allylic oxidation sites excluding steroid dienone is 4. The zero-order chi connectivity index (χ0) is 14.1. The zero-order valence-corrected chi connectivity index (χ0v) is 12.5. The molecule has 0 spiro atoms. The van der Waals surface area contributed by atoms with Crippen LogP contribution in [0.4, 0.5) is 0 Å². The van der Waals surface area contributed by atoms with Crippen LogP contribution < -0.4 is 0 Å². The van der Waals surface area contributed by atoms with E-state index in [-0.39, 0.29) is 1.43 Å². The van der Waals surface area contributed by atoms with Gasteiger partial charge >= 0.3 is 0 Å². The summed E-state index contributed by atoms with van der Waals surface area (Å²) in [5.74, 6) is 0. The van der Waals surface area contributed by atoms with Crippen molar-refractivity contribution in [3.63, 3.8) is 0 Å². The average Bonchev–Trinajstić information content (AvgIpc) is 2.70. The van der Waals surface area contributed by atoms with Crippen LogP contribution >= 0.6 is 0 Å². The maximum absolute atomic E-state index is 3.46. The number of rotatable bonds is 0. The Hall–Kier alpha value is -1.76. The largest absolute Gasteiger partial charge is 0.355 e. The number of hydrogen-bond acceptors (Lipinski definition) is 0. The third kappa shape index (κ3) is 3.60. The summed E-state index contributed by atoms with van der Waals surface area (Å²) in [6.07, 6.45) is 19.6. The molecule has 0 aliphatic heterocycles. The van der Waals surface area contributed by atoms with E-state index in [0.29, 0.717) is 0 Å². The fraction of sp³-hybridized carbons (Fsp3) is 0.333. The molecule has 104 valence electrons. The van der Waals surface area contributed by atoms with E-state index in [0.717, 1.165) is 12.8 Å². The maximum Gasteiger partial charge on any atom is 0.0461 e. The predicted octanol–water partition coefficient (Wildman–Crippen LogP) is 6.17. The normalized spacial score (nSPS) is 14.1. The molecule has 1 aromatic rings. The lowest BCUT2D eigenvalue weighted by molar-refractivity contribution is 1.33. The standard InChI is InChI=1S/C14H13N.2C2H6.H2/c1-3-7-11-12-8-4-2-6-10-14(12)15-13(11)9-5-1;2*1-2;/h3-10,15H,1-2H2;2*1-2H3;1H. The summed E-state index contributed by atoms with van der Waals surface area (Å²) in [4.78, 5) is 3.46. The summed E-state index contributed by atoms with van der Waals surface area (Å²) in [6.45, 7) is 8.00. The number of H-pyrrole nitrogens is 1. The highest BCUT2D eigenvalue weighted by atomic mass is 14.7. The molecule has 3 rings (SSSR count). The van der Waals surface area contributed by atoms with Crippen molar-refractivity contribution in [3.05, 3.63) is 46.8 Å². The Balaban J connectivity index is 0.000000667. The maximum atomic E-state index is 3.46. The van der Waals surface area contributed by atoms with Gasteiger partial charge in [-0.1, -0.05) is 64.2 Å². The molecular formula is C18H27N. The highest BCUT2D eigenvalue weighted by molar-refractivity contribution is 5.80. The second-order valence-electron chi connectivity index (χ2n) is 3.86. The van der Waals surface area contributed by atoms with Gasteiger partial charge in [0.1, 0.15) is 0 Å². The molecule has 0 saturated carbocycles. The van der Waals surface area contributed by atoms with Crippen molar-refractivity contribution >= 4 is 24.3 Å². The van der Waals surface area contributed by atoms with E-state index in [1.54, 1.807) is 0 Å². The number of aromatic nitrogens is 1. The molecule has 0 atom stereocenters. The van der Waals surface area contributed by atoms with Crippen LogP contribution in [0.2, 0.25) is 0 Å². The molecule has 1 heteroatoms. The summed E-state index contributed by atoms with van der Waals surface area (Å²) in [7, 11) is 0. The van der Waals surface area contributed by atoms with Crippen LogP contribution in [0.15, 0.2) is 24.3 Å². The number of aromatic amines is 1. The van der Waals surface area contributed by atoms with Crippen molar-refractivity contribution in [2.75, 3.05) is 0 Å². The second-order valence-corrected chi connectivity index (χ2v) is 3.86. The lowest BCUT2D eigenvalue weighted by Crippen LogP contribution is -1.76. The number of fused-ring (bicyclic) bond motifs is 3. The van der Waals surface area contributed by atoms with Gasteiger partial charge in [0.05, 0.1) is 0 Å². The smallest absolute Gasteiger partial charge is 0.0461 e. The monoisotopic (exact) mass is 257 g/mol. The quantitative estimate of drug-likeness (QED) is 0.571. The third-order valence-corrected chi connectivity index (χ3v) is 2.82. The average molecular weight is 257 g/mol. The van der Waals surface area contributed by atoms with Crippen LogP contribution in [0.25, 0.3) is 24.3 Å². The minimum Gasteiger partial charge on any atom is -0.355 e. The van der Waals surface area contributed by atoms with Crippen LogP contribution in [-0.2, 0) is 0 Å². The third-order valence-electron chi connectivity index (χ3n) is 2.82. The van der Waals surface area contributed by atoms with Gasteiger partial charge in [-0.2, -0.15) is 0 Å². The molecule has 0 unspecified atom stereocenters. The Kier molecular flexibility index (Phi) is 6.73. The van der Waals surface area contributed by atoms with E-state index < -0.39 is 0 Å². The molecule has 0 radical (unpaired) electrons. The number of hydrogen-bond donors (Lipinski definition) is 1. The Morgan fingerprint density at radius 3 is 1.47 bits per heavy atom. The summed E-state index contributed by atoms with van der Waals surface area (Å²) < 4.78 is 0. The van der Waals surface area contributed by atoms with Gasteiger partial charge in [-0.15, -0.1) is 0 Å². The van der Waals surface area contributed by atoms with Crippen LogP contribution in [0.3, 0.4) is 0 Å². The van der Waals surface area contributed by atoms with Crippen molar-refractivity contribution < 1.29 is 1.43 Å². The molecular weight excluding hydrogens is 230 g/mol. The van der Waals surface area contributed by atoms with E-state index in [1.165, 1.54) is 22.5 Å². The van der Waals surface area contributed by atoms with Gasteiger partial charge < -0.3 is 4.98 Å². The van der Waals surface area contributed by atoms with Crippen LogP contribution in [0.5, 0.6) is 0 Å². The van der Waals surface area contributed by atoms with Gasteiger partial charge in [0.2, 0.25) is 0 Å². The van der Waals surface area contributed by atoms with Crippen LogP contribution in [-0.4, -0.2) is 4.98 Å². The summed E-state index contributed by atoms with van der Waals surface area (Å²) >= 11 is 0. The molecule has 1 nitrogen and oxygen atoms in total.